The second kappa shape index (κ2) is 5.20. The zero-order valence-electron chi connectivity index (χ0n) is 13.3. The SMILES string of the molecule is C[Si](C)(C)c1cccc(C2(O)CCC3(CC2)OCCO3)c1. The molecule has 4 heteroatoms. The Morgan fingerprint density at radius 2 is 1.62 bits per heavy atom. The Bertz CT molecular complexity index is 505. The molecule has 0 unspecified atom stereocenters. The number of hydrogen-bond acceptors (Lipinski definition) is 3. The Morgan fingerprint density at radius 3 is 2.19 bits per heavy atom. The fraction of sp³-hybridized carbons (Fsp3) is 0.647. The lowest BCUT2D eigenvalue weighted by molar-refractivity contribution is -0.204. The number of rotatable bonds is 2. The summed E-state index contributed by atoms with van der Waals surface area (Å²) in [5.74, 6) is -0.414. The van der Waals surface area contributed by atoms with Crippen molar-refractivity contribution < 1.29 is 14.6 Å². The van der Waals surface area contributed by atoms with Crippen LogP contribution >= 0.6 is 0 Å². The monoisotopic (exact) mass is 306 g/mol. The van der Waals surface area contributed by atoms with Crippen molar-refractivity contribution in [3.63, 3.8) is 0 Å². The van der Waals surface area contributed by atoms with E-state index in [-0.39, 0.29) is 0 Å². The highest BCUT2D eigenvalue weighted by molar-refractivity contribution is 6.88. The largest absolute Gasteiger partial charge is 0.385 e. The topological polar surface area (TPSA) is 38.7 Å². The fourth-order valence-corrected chi connectivity index (χ4v) is 4.58. The van der Waals surface area contributed by atoms with E-state index >= 15 is 0 Å². The normalized spacial score (nSPS) is 24.4. The van der Waals surface area contributed by atoms with Gasteiger partial charge in [-0.3, -0.25) is 0 Å². The molecule has 3 nitrogen and oxygen atoms in total. The first-order chi connectivity index (χ1) is 9.83. The van der Waals surface area contributed by atoms with Crippen molar-refractivity contribution in [3.05, 3.63) is 29.8 Å². The van der Waals surface area contributed by atoms with Crippen LogP contribution in [0.4, 0.5) is 0 Å². The van der Waals surface area contributed by atoms with Crippen LogP contribution < -0.4 is 5.19 Å². The predicted octanol–water partition coefficient (Wildman–Crippen LogP) is 2.74. The van der Waals surface area contributed by atoms with E-state index in [0.717, 1.165) is 18.4 Å². The molecule has 21 heavy (non-hydrogen) atoms. The molecular weight excluding hydrogens is 280 g/mol. The molecule has 0 atom stereocenters. The molecular formula is C17H26O3Si. The number of hydrogen-bond donors (Lipinski definition) is 1. The maximum Gasteiger partial charge on any atom is 0.168 e. The molecule has 1 aliphatic heterocycles. The van der Waals surface area contributed by atoms with E-state index in [0.29, 0.717) is 26.1 Å². The van der Waals surface area contributed by atoms with Gasteiger partial charge >= 0.3 is 0 Å². The molecule has 1 aliphatic carbocycles. The Morgan fingerprint density at radius 1 is 1.00 bits per heavy atom. The first kappa shape index (κ1) is 15.2. The van der Waals surface area contributed by atoms with Crippen LogP contribution in [0.5, 0.6) is 0 Å². The molecule has 2 fully saturated rings. The van der Waals surface area contributed by atoms with Crippen molar-refractivity contribution in [1.82, 2.24) is 0 Å². The molecule has 0 bridgehead atoms. The minimum absolute atomic E-state index is 0.414. The molecule has 1 N–H and O–H groups in total. The average Bonchev–Trinajstić information content (AvgIpc) is 2.91. The molecule has 3 rings (SSSR count). The lowest BCUT2D eigenvalue weighted by atomic mass is 9.77. The minimum atomic E-state index is -1.35. The van der Waals surface area contributed by atoms with Gasteiger partial charge in [-0.25, -0.2) is 0 Å². The second-order valence-electron chi connectivity index (χ2n) is 7.47. The van der Waals surface area contributed by atoms with Gasteiger partial charge < -0.3 is 14.6 Å². The minimum Gasteiger partial charge on any atom is -0.385 e. The van der Waals surface area contributed by atoms with Gasteiger partial charge in [0.25, 0.3) is 0 Å². The fourth-order valence-electron chi connectivity index (χ4n) is 3.39. The zero-order chi connectivity index (χ0) is 15.1. The van der Waals surface area contributed by atoms with Gasteiger partial charge in [0.1, 0.15) is 0 Å². The van der Waals surface area contributed by atoms with Gasteiger partial charge in [-0.2, -0.15) is 0 Å². The van der Waals surface area contributed by atoms with Crippen LogP contribution in [0.1, 0.15) is 31.2 Å². The number of benzene rings is 1. The van der Waals surface area contributed by atoms with E-state index in [4.69, 9.17) is 9.47 Å². The quantitative estimate of drug-likeness (QED) is 0.854. The molecule has 0 radical (unpaired) electrons. The molecule has 1 spiro atoms. The summed E-state index contributed by atoms with van der Waals surface area (Å²) < 4.78 is 11.5. The average molecular weight is 306 g/mol. The lowest BCUT2D eigenvalue weighted by Gasteiger charge is -2.41. The molecule has 1 aromatic rings. The summed E-state index contributed by atoms with van der Waals surface area (Å²) in [6.07, 6.45) is 2.98. The summed E-state index contributed by atoms with van der Waals surface area (Å²) in [5, 5.41) is 12.5. The number of ether oxygens (including phenoxy) is 2. The van der Waals surface area contributed by atoms with Crippen LogP contribution in [-0.4, -0.2) is 32.2 Å². The van der Waals surface area contributed by atoms with E-state index in [1.54, 1.807) is 0 Å². The molecule has 1 saturated heterocycles. The standard InChI is InChI=1S/C17H26O3Si/c1-21(2,3)15-6-4-5-14(13-15)16(18)7-9-17(10-8-16)19-11-12-20-17/h4-6,13,18H,7-12H2,1-3H3. The summed E-state index contributed by atoms with van der Waals surface area (Å²) in [5.41, 5.74) is 0.339. The van der Waals surface area contributed by atoms with E-state index < -0.39 is 19.5 Å². The van der Waals surface area contributed by atoms with Crippen molar-refractivity contribution in [2.75, 3.05) is 13.2 Å². The van der Waals surface area contributed by atoms with E-state index in [1.165, 1.54) is 5.19 Å². The molecule has 116 valence electrons. The number of aliphatic hydroxyl groups is 1. The van der Waals surface area contributed by atoms with Crippen LogP contribution in [0.2, 0.25) is 19.6 Å². The Kier molecular flexibility index (Phi) is 3.77. The van der Waals surface area contributed by atoms with Crippen molar-refractivity contribution in [3.8, 4) is 0 Å². The smallest absolute Gasteiger partial charge is 0.168 e. The molecule has 0 aromatic heterocycles. The summed E-state index contributed by atoms with van der Waals surface area (Å²) in [6.45, 7) is 8.39. The van der Waals surface area contributed by atoms with Gasteiger partial charge in [-0.15, -0.1) is 0 Å². The van der Waals surface area contributed by atoms with Gasteiger partial charge in [0.2, 0.25) is 0 Å². The maximum atomic E-state index is 11.1. The molecule has 2 aliphatic rings. The molecule has 0 amide bonds. The second-order valence-corrected chi connectivity index (χ2v) is 12.5. The first-order valence-corrected chi connectivity index (χ1v) is 11.4. The van der Waals surface area contributed by atoms with Crippen LogP contribution in [0.15, 0.2) is 24.3 Å². The van der Waals surface area contributed by atoms with E-state index in [1.807, 2.05) is 0 Å². The van der Waals surface area contributed by atoms with Crippen molar-refractivity contribution in [2.45, 2.75) is 56.7 Å². The predicted molar refractivity (Wildman–Crippen MR) is 86.4 cm³/mol. The Balaban J connectivity index is 1.80. The molecule has 1 saturated carbocycles. The van der Waals surface area contributed by atoms with Gasteiger partial charge in [0.15, 0.2) is 5.79 Å². The van der Waals surface area contributed by atoms with Gasteiger partial charge in [0, 0.05) is 12.8 Å². The Hall–Kier alpha value is -0.683. The highest BCUT2D eigenvalue weighted by Gasteiger charge is 2.46. The summed E-state index contributed by atoms with van der Waals surface area (Å²) in [7, 11) is -1.35. The van der Waals surface area contributed by atoms with Crippen LogP contribution in [0.25, 0.3) is 0 Å². The third-order valence-electron chi connectivity index (χ3n) is 4.92. The molecule has 1 aromatic carbocycles. The molecule has 1 heterocycles. The lowest BCUT2D eigenvalue weighted by Crippen LogP contribution is -2.43. The highest BCUT2D eigenvalue weighted by Crippen LogP contribution is 2.44. The zero-order valence-corrected chi connectivity index (χ0v) is 14.3. The van der Waals surface area contributed by atoms with Gasteiger partial charge in [-0.05, 0) is 18.4 Å². The summed E-state index contributed by atoms with van der Waals surface area (Å²) >= 11 is 0. The highest BCUT2D eigenvalue weighted by atomic mass is 28.3. The van der Waals surface area contributed by atoms with E-state index in [2.05, 4.69) is 43.9 Å². The van der Waals surface area contributed by atoms with Crippen molar-refractivity contribution in [1.29, 1.82) is 0 Å². The van der Waals surface area contributed by atoms with Crippen molar-refractivity contribution >= 4 is 13.3 Å². The van der Waals surface area contributed by atoms with Crippen molar-refractivity contribution in [2.24, 2.45) is 0 Å². The first-order valence-electron chi connectivity index (χ1n) is 7.94. The third-order valence-corrected chi connectivity index (χ3v) is 6.96. The summed E-state index contributed by atoms with van der Waals surface area (Å²) in [6, 6.07) is 8.58. The van der Waals surface area contributed by atoms with Crippen LogP contribution in [0, 0.1) is 0 Å². The maximum absolute atomic E-state index is 11.1. The Labute approximate surface area is 128 Å². The van der Waals surface area contributed by atoms with E-state index in [9.17, 15) is 5.11 Å². The van der Waals surface area contributed by atoms with Crippen LogP contribution in [0.3, 0.4) is 0 Å². The third kappa shape index (κ3) is 2.95. The van der Waals surface area contributed by atoms with Crippen LogP contribution in [-0.2, 0) is 15.1 Å². The summed E-state index contributed by atoms with van der Waals surface area (Å²) in [4.78, 5) is 0. The van der Waals surface area contributed by atoms with Gasteiger partial charge in [0.05, 0.1) is 26.9 Å². The van der Waals surface area contributed by atoms with Gasteiger partial charge in [-0.1, -0.05) is 49.1 Å².